The van der Waals surface area contributed by atoms with Gasteiger partial charge >= 0.3 is 0 Å². The van der Waals surface area contributed by atoms with E-state index in [2.05, 4.69) is 10.3 Å². The summed E-state index contributed by atoms with van der Waals surface area (Å²) in [7, 11) is -3.41. The molecule has 1 aromatic heterocycles. The van der Waals surface area contributed by atoms with Crippen LogP contribution >= 0.6 is 0 Å². The van der Waals surface area contributed by atoms with Gasteiger partial charge in [-0.25, -0.2) is 13.4 Å². The topological polar surface area (TPSA) is 76.1 Å². The van der Waals surface area contributed by atoms with Gasteiger partial charge in [0.05, 0.1) is 11.4 Å². The molecule has 74 valence electrons. The second-order valence-corrected chi connectivity index (χ2v) is 5.00. The van der Waals surface area contributed by atoms with Crippen molar-refractivity contribution in [2.24, 2.45) is 0 Å². The number of hydrogen-bond acceptors (Lipinski definition) is 4. The normalized spacial score (nSPS) is 19.3. The van der Waals surface area contributed by atoms with Crippen molar-refractivity contribution in [1.29, 1.82) is 0 Å². The number of pyridine rings is 1. The van der Waals surface area contributed by atoms with Crippen LogP contribution in [0.1, 0.15) is 6.42 Å². The van der Waals surface area contributed by atoms with Gasteiger partial charge in [-0.3, -0.25) is 4.79 Å². The Morgan fingerprint density at radius 1 is 1.43 bits per heavy atom. The molecule has 0 aromatic carbocycles. The van der Waals surface area contributed by atoms with Gasteiger partial charge in [0, 0.05) is 12.6 Å². The third kappa shape index (κ3) is 1.48. The van der Waals surface area contributed by atoms with Gasteiger partial charge in [0.1, 0.15) is 0 Å². The number of rotatable bonds is 0. The van der Waals surface area contributed by atoms with Crippen LogP contribution in [0.2, 0.25) is 0 Å². The number of anilines is 1. The molecule has 2 heterocycles. The lowest BCUT2D eigenvalue weighted by atomic mass is 10.4. The molecule has 0 aliphatic carbocycles. The highest BCUT2D eigenvalue weighted by Crippen LogP contribution is 2.22. The Bertz CT molecular complexity index is 481. The molecule has 0 atom stereocenters. The Balaban J connectivity index is 2.64. The zero-order chi connectivity index (χ0) is 10.2. The van der Waals surface area contributed by atoms with E-state index in [1.165, 1.54) is 12.3 Å². The Labute approximate surface area is 81.1 Å². The lowest BCUT2D eigenvalue weighted by Gasteiger charge is -2.03. The number of carbonyl (C=O) groups is 1. The van der Waals surface area contributed by atoms with Crippen molar-refractivity contribution >= 4 is 21.4 Å². The Kier molecular flexibility index (Phi) is 1.99. The summed E-state index contributed by atoms with van der Waals surface area (Å²) < 4.78 is 23.2. The summed E-state index contributed by atoms with van der Waals surface area (Å²) in [5, 5.41) is 2.46. The van der Waals surface area contributed by atoms with Gasteiger partial charge < -0.3 is 5.32 Å². The molecule has 2 rings (SSSR count). The molecule has 14 heavy (non-hydrogen) atoms. The largest absolute Gasteiger partial charge is 0.324 e. The number of nitrogens with one attached hydrogen (secondary N) is 1. The average Bonchev–Trinajstić information content (AvgIpc) is 2.25. The summed E-state index contributed by atoms with van der Waals surface area (Å²) in [5.74, 6) is -0.469. The van der Waals surface area contributed by atoms with E-state index in [9.17, 15) is 13.2 Å². The number of nitrogens with zero attached hydrogens (tertiary/aromatic N) is 1. The molecule has 5 nitrogen and oxygen atoms in total. The number of sulfone groups is 1. The molecule has 1 aliphatic rings. The quantitative estimate of drug-likeness (QED) is 0.666. The van der Waals surface area contributed by atoms with Crippen LogP contribution in [-0.2, 0) is 14.6 Å². The molecule has 0 spiro atoms. The highest BCUT2D eigenvalue weighted by Gasteiger charge is 2.25. The zero-order valence-corrected chi connectivity index (χ0v) is 8.04. The number of amides is 1. The second kappa shape index (κ2) is 3.06. The van der Waals surface area contributed by atoms with Crippen molar-refractivity contribution in [2.75, 3.05) is 11.1 Å². The number of aromatic nitrogens is 1. The van der Waals surface area contributed by atoms with E-state index in [1.54, 1.807) is 6.07 Å². The number of carbonyl (C=O) groups excluding carboxylic acids is 1. The first-order valence-electron chi connectivity index (χ1n) is 4.07. The van der Waals surface area contributed by atoms with Crippen LogP contribution in [0, 0.1) is 0 Å². The maximum absolute atomic E-state index is 11.6. The Hall–Kier alpha value is -1.43. The number of fused-ring (bicyclic) bond motifs is 1. The predicted molar refractivity (Wildman–Crippen MR) is 49.5 cm³/mol. The third-order valence-electron chi connectivity index (χ3n) is 1.94. The smallest absolute Gasteiger partial charge is 0.225 e. The van der Waals surface area contributed by atoms with E-state index in [4.69, 9.17) is 0 Å². The molecule has 1 amide bonds. The summed E-state index contributed by atoms with van der Waals surface area (Å²) in [5.41, 5.74) is 0.273. The van der Waals surface area contributed by atoms with E-state index >= 15 is 0 Å². The fourth-order valence-electron chi connectivity index (χ4n) is 1.27. The monoisotopic (exact) mass is 212 g/mol. The SMILES string of the molecule is O=C1CCS(=O)(=O)c2ncccc2N1. The van der Waals surface area contributed by atoms with Crippen LogP contribution in [0.15, 0.2) is 23.4 Å². The van der Waals surface area contributed by atoms with E-state index in [0.29, 0.717) is 0 Å². The first-order valence-corrected chi connectivity index (χ1v) is 5.72. The van der Waals surface area contributed by atoms with Crippen LogP contribution in [0.3, 0.4) is 0 Å². The Morgan fingerprint density at radius 3 is 3.00 bits per heavy atom. The van der Waals surface area contributed by atoms with E-state index < -0.39 is 9.84 Å². The van der Waals surface area contributed by atoms with Crippen molar-refractivity contribution in [3.8, 4) is 0 Å². The molecule has 0 bridgehead atoms. The molecule has 0 unspecified atom stereocenters. The lowest BCUT2D eigenvalue weighted by molar-refractivity contribution is -0.115. The molecule has 1 N–H and O–H groups in total. The zero-order valence-electron chi connectivity index (χ0n) is 7.23. The molecule has 1 aromatic rings. The lowest BCUT2D eigenvalue weighted by Crippen LogP contribution is -2.10. The van der Waals surface area contributed by atoms with Crippen LogP contribution < -0.4 is 5.32 Å². The molecule has 0 radical (unpaired) electrons. The van der Waals surface area contributed by atoms with Crippen molar-refractivity contribution in [2.45, 2.75) is 11.4 Å². The first kappa shape index (κ1) is 9.14. The number of hydrogen-bond donors (Lipinski definition) is 1. The highest BCUT2D eigenvalue weighted by atomic mass is 32.2. The Morgan fingerprint density at radius 2 is 2.21 bits per heavy atom. The summed E-state index contributed by atoms with van der Waals surface area (Å²) in [6.45, 7) is 0. The van der Waals surface area contributed by atoms with E-state index in [-0.39, 0.29) is 28.8 Å². The van der Waals surface area contributed by atoms with Crippen LogP contribution in [0.25, 0.3) is 0 Å². The molecule has 6 heteroatoms. The molecule has 1 aliphatic heterocycles. The molecule has 0 fully saturated rings. The molecular formula is C8H8N2O3S. The van der Waals surface area contributed by atoms with Crippen molar-refractivity contribution in [3.05, 3.63) is 18.3 Å². The van der Waals surface area contributed by atoms with Crippen LogP contribution in [-0.4, -0.2) is 25.1 Å². The highest BCUT2D eigenvalue weighted by molar-refractivity contribution is 7.91. The standard InChI is InChI=1S/C8H8N2O3S/c11-7-3-5-14(12,13)8-6(10-7)2-1-4-9-8/h1-2,4H,3,5H2,(H,10,11). The summed E-state index contributed by atoms with van der Waals surface area (Å²) in [6, 6.07) is 3.11. The third-order valence-corrected chi connectivity index (χ3v) is 3.59. The maximum atomic E-state index is 11.6. The van der Waals surface area contributed by atoms with Crippen molar-refractivity contribution in [1.82, 2.24) is 4.98 Å². The summed E-state index contributed by atoms with van der Waals surface area (Å²) in [4.78, 5) is 14.9. The van der Waals surface area contributed by atoms with Gasteiger partial charge in [-0.2, -0.15) is 0 Å². The second-order valence-electron chi connectivity index (χ2n) is 2.97. The van der Waals surface area contributed by atoms with Gasteiger partial charge in [0.15, 0.2) is 14.9 Å². The van der Waals surface area contributed by atoms with Crippen LogP contribution in [0.4, 0.5) is 5.69 Å². The maximum Gasteiger partial charge on any atom is 0.225 e. The van der Waals surface area contributed by atoms with Gasteiger partial charge in [-0.1, -0.05) is 0 Å². The fourth-order valence-corrected chi connectivity index (χ4v) is 2.59. The summed E-state index contributed by atoms with van der Waals surface area (Å²) >= 11 is 0. The van der Waals surface area contributed by atoms with E-state index in [0.717, 1.165) is 0 Å². The van der Waals surface area contributed by atoms with Crippen molar-refractivity contribution in [3.63, 3.8) is 0 Å². The molecule has 0 saturated heterocycles. The first-order chi connectivity index (χ1) is 6.59. The van der Waals surface area contributed by atoms with Gasteiger partial charge in [0.2, 0.25) is 5.91 Å². The average molecular weight is 212 g/mol. The molecular weight excluding hydrogens is 204 g/mol. The molecule has 0 saturated carbocycles. The fraction of sp³-hybridized carbons (Fsp3) is 0.250. The van der Waals surface area contributed by atoms with E-state index in [1.807, 2.05) is 0 Å². The van der Waals surface area contributed by atoms with Gasteiger partial charge in [-0.05, 0) is 12.1 Å². The van der Waals surface area contributed by atoms with Gasteiger partial charge in [0.25, 0.3) is 0 Å². The minimum absolute atomic E-state index is 0.0152. The summed E-state index contributed by atoms with van der Waals surface area (Å²) in [6.07, 6.45) is 1.38. The minimum atomic E-state index is -3.41. The van der Waals surface area contributed by atoms with Crippen LogP contribution in [0.5, 0.6) is 0 Å². The minimum Gasteiger partial charge on any atom is -0.324 e. The predicted octanol–water partition coefficient (Wildman–Crippen LogP) is 0.197. The van der Waals surface area contributed by atoms with Gasteiger partial charge in [-0.15, -0.1) is 0 Å². The van der Waals surface area contributed by atoms with Crippen molar-refractivity contribution < 1.29 is 13.2 Å².